The van der Waals surface area contributed by atoms with Gasteiger partial charge >= 0.3 is 0 Å². The maximum absolute atomic E-state index is 13.1. The molecule has 186 valence electrons. The number of nitrogens with one attached hydrogen (secondary N) is 3. The van der Waals surface area contributed by atoms with Gasteiger partial charge in [-0.3, -0.25) is 14.7 Å². The molecular weight excluding hydrogens is 489 g/mol. The van der Waals surface area contributed by atoms with Crippen molar-refractivity contribution in [3.63, 3.8) is 0 Å². The summed E-state index contributed by atoms with van der Waals surface area (Å²) in [6.45, 7) is 12.8. The van der Waals surface area contributed by atoms with Gasteiger partial charge in [-0.25, -0.2) is 4.98 Å². The van der Waals surface area contributed by atoms with Crippen LogP contribution in [-0.4, -0.2) is 55.6 Å². The zero-order valence-corrected chi connectivity index (χ0v) is 21.7. The van der Waals surface area contributed by atoms with Gasteiger partial charge in [-0.2, -0.15) is 5.10 Å². The predicted octanol–water partition coefficient (Wildman–Crippen LogP) is 4.51. The van der Waals surface area contributed by atoms with Crippen LogP contribution in [0.1, 0.15) is 61.5 Å². The van der Waals surface area contributed by atoms with Crippen LogP contribution < -0.4 is 10.6 Å². The Hall–Kier alpha value is -3.04. The number of imidazole rings is 1. The molecule has 0 radical (unpaired) electrons. The number of carbonyl (C=O) groups excluding carboxylic acids is 2. The lowest BCUT2D eigenvalue weighted by Crippen LogP contribution is -2.60. The van der Waals surface area contributed by atoms with Crippen molar-refractivity contribution in [3.05, 3.63) is 52.0 Å². The molecule has 1 aromatic carbocycles. The topological polar surface area (TPSA) is 108 Å². The maximum Gasteiger partial charge on any atom is 0.271 e. The summed E-state index contributed by atoms with van der Waals surface area (Å²) in [5, 5.41) is 15.4. The van der Waals surface area contributed by atoms with E-state index in [4.69, 9.17) is 23.2 Å². The first-order valence-electron chi connectivity index (χ1n) is 11.5. The van der Waals surface area contributed by atoms with Crippen molar-refractivity contribution in [1.29, 1.82) is 0 Å². The van der Waals surface area contributed by atoms with Crippen LogP contribution in [0, 0.1) is 0 Å². The summed E-state index contributed by atoms with van der Waals surface area (Å²) in [4.78, 5) is 30.8. The van der Waals surface area contributed by atoms with Gasteiger partial charge in [0.1, 0.15) is 11.5 Å². The van der Waals surface area contributed by atoms with Gasteiger partial charge in [-0.15, -0.1) is 0 Å². The normalized spacial score (nSPS) is 14.0. The van der Waals surface area contributed by atoms with Crippen LogP contribution in [0.15, 0.2) is 24.8 Å². The van der Waals surface area contributed by atoms with Crippen LogP contribution in [0.25, 0.3) is 10.9 Å². The highest BCUT2D eigenvalue weighted by Crippen LogP contribution is 2.32. The quantitative estimate of drug-likeness (QED) is 0.381. The molecule has 0 atom stereocenters. The van der Waals surface area contributed by atoms with Gasteiger partial charge in [-0.05, 0) is 43.5 Å². The second kappa shape index (κ2) is 9.91. The first-order valence-corrected chi connectivity index (χ1v) is 12.3. The number of rotatable bonds is 8. The summed E-state index contributed by atoms with van der Waals surface area (Å²) in [6, 6.07) is 3.71. The molecule has 0 unspecified atom stereocenters. The summed E-state index contributed by atoms with van der Waals surface area (Å²) in [5.41, 5.74) is 2.17. The molecule has 9 nitrogen and oxygen atoms in total. The molecule has 0 spiro atoms. The van der Waals surface area contributed by atoms with Gasteiger partial charge in [0.05, 0.1) is 18.1 Å². The number of benzene rings is 1. The Morgan fingerprint density at radius 2 is 1.97 bits per heavy atom. The van der Waals surface area contributed by atoms with Gasteiger partial charge < -0.3 is 20.1 Å². The van der Waals surface area contributed by atoms with E-state index < -0.39 is 0 Å². The Bertz CT molecular complexity index is 1290. The second-order valence-corrected chi connectivity index (χ2v) is 10.0. The standard InChI is InChI=1S/C24H29Cl2N7O2/c1-6-20(34)32-10-14(11-32)28-24(35)21-22(26)29-19(33(21)13(4)5)9-27-23-16-7-15(12(2)3)17(25)8-18(16)30-31-23/h6-8,12-14H,1,9-11H2,2-5H3,(H,28,35)(H2,27,30,31). The second-order valence-electron chi connectivity index (χ2n) is 9.25. The van der Waals surface area contributed by atoms with E-state index in [9.17, 15) is 9.59 Å². The predicted molar refractivity (Wildman–Crippen MR) is 138 cm³/mol. The Balaban J connectivity index is 1.53. The number of halogens is 2. The van der Waals surface area contributed by atoms with Crippen LogP contribution in [0.5, 0.6) is 0 Å². The number of aromatic amines is 1. The number of H-pyrrole nitrogens is 1. The van der Waals surface area contributed by atoms with E-state index in [1.807, 2.05) is 30.5 Å². The van der Waals surface area contributed by atoms with Crippen LogP contribution in [-0.2, 0) is 11.3 Å². The van der Waals surface area contributed by atoms with E-state index in [1.54, 1.807) is 4.90 Å². The Labute approximate surface area is 213 Å². The number of anilines is 1. The minimum absolute atomic E-state index is 0.0601. The first kappa shape index (κ1) is 25.1. The van der Waals surface area contributed by atoms with Gasteiger partial charge in [-0.1, -0.05) is 43.6 Å². The number of aromatic nitrogens is 4. The van der Waals surface area contributed by atoms with Gasteiger partial charge in [0.2, 0.25) is 5.91 Å². The van der Waals surface area contributed by atoms with E-state index in [2.05, 4.69) is 46.2 Å². The summed E-state index contributed by atoms with van der Waals surface area (Å²) >= 11 is 12.8. The number of likely N-dealkylation sites (tertiary alicyclic amines) is 1. The molecule has 3 aromatic rings. The lowest BCUT2D eigenvalue weighted by molar-refractivity contribution is -0.130. The summed E-state index contributed by atoms with van der Waals surface area (Å²) in [6.07, 6.45) is 1.27. The van der Waals surface area contributed by atoms with E-state index in [-0.39, 0.29) is 35.0 Å². The number of amides is 2. The van der Waals surface area contributed by atoms with Crippen molar-refractivity contribution in [2.45, 2.75) is 52.2 Å². The minimum atomic E-state index is -0.320. The maximum atomic E-state index is 13.1. The molecule has 3 N–H and O–H groups in total. The molecule has 1 saturated heterocycles. The third kappa shape index (κ3) is 4.88. The molecule has 4 rings (SSSR count). The fraction of sp³-hybridized carbons (Fsp3) is 0.417. The lowest BCUT2D eigenvalue weighted by atomic mass is 10.0. The molecule has 11 heteroatoms. The Kier molecular flexibility index (Phi) is 7.10. The molecule has 1 aliphatic heterocycles. The molecule has 3 heterocycles. The van der Waals surface area contributed by atoms with E-state index >= 15 is 0 Å². The molecule has 0 saturated carbocycles. The highest BCUT2D eigenvalue weighted by Gasteiger charge is 2.33. The zero-order valence-electron chi connectivity index (χ0n) is 20.2. The van der Waals surface area contributed by atoms with Crippen molar-refractivity contribution in [2.24, 2.45) is 0 Å². The van der Waals surface area contributed by atoms with Crippen molar-refractivity contribution < 1.29 is 9.59 Å². The van der Waals surface area contributed by atoms with Gasteiger partial charge in [0.25, 0.3) is 5.91 Å². The lowest BCUT2D eigenvalue weighted by Gasteiger charge is -2.38. The van der Waals surface area contributed by atoms with Gasteiger partial charge in [0, 0.05) is 29.5 Å². The SMILES string of the molecule is C=CC(=O)N1CC(NC(=O)c2c(Cl)nc(CNc3n[nH]c4cc(Cl)c(C(C)C)cc34)n2C(C)C)C1. The Morgan fingerprint density at radius 3 is 2.60 bits per heavy atom. The van der Waals surface area contributed by atoms with E-state index in [0.717, 1.165) is 16.5 Å². The highest BCUT2D eigenvalue weighted by atomic mass is 35.5. The number of nitrogens with zero attached hydrogens (tertiary/aromatic N) is 4. The number of fused-ring (bicyclic) bond motifs is 1. The zero-order chi connectivity index (χ0) is 25.4. The first-order chi connectivity index (χ1) is 16.6. The molecule has 2 aromatic heterocycles. The average molecular weight is 518 g/mol. The number of carbonyl (C=O) groups is 2. The van der Waals surface area contributed by atoms with Crippen LogP contribution in [0.3, 0.4) is 0 Å². The Morgan fingerprint density at radius 1 is 1.26 bits per heavy atom. The van der Waals surface area contributed by atoms with Crippen molar-refractivity contribution >= 4 is 51.7 Å². The smallest absolute Gasteiger partial charge is 0.271 e. The van der Waals surface area contributed by atoms with E-state index in [0.29, 0.717) is 42.0 Å². The average Bonchev–Trinajstić information content (AvgIpc) is 3.32. The number of hydrogen-bond acceptors (Lipinski definition) is 5. The summed E-state index contributed by atoms with van der Waals surface area (Å²) < 4.78 is 1.82. The molecule has 35 heavy (non-hydrogen) atoms. The fourth-order valence-corrected chi connectivity index (χ4v) is 4.92. The molecular formula is C24H29Cl2N7O2. The fourth-order valence-electron chi connectivity index (χ4n) is 4.26. The third-order valence-corrected chi connectivity index (χ3v) is 6.68. The minimum Gasteiger partial charge on any atom is -0.361 e. The summed E-state index contributed by atoms with van der Waals surface area (Å²) in [7, 11) is 0. The molecule has 0 bridgehead atoms. The van der Waals surface area contributed by atoms with Crippen molar-refractivity contribution in [1.82, 2.24) is 30.0 Å². The van der Waals surface area contributed by atoms with Crippen LogP contribution in [0.4, 0.5) is 5.82 Å². The molecule has 1 aliphatic rings. The van der Waals surface area contributed by atoms with Crippen LogP contribution >= 0.6 is 23.2 Å². The molecule has 0 aliphatic carbocycles. The largest absolute Gasteiger partial charge is 0.361 e. The van der Waals surface area contributed by atoms with Crippen LogP contribution in [0.2, 0.25) is 10.2 Å². The monoisotopic (exact) mass is 517 g/mol. The summed E-state index contributed by atoms with van der Waals surface area (Å²) in [5.74, 6) is 1.08. The van der Waals surface area contributed by atoms with E-state index in [1.165, 1.54) is 6.08 Å². The third-order valence-electron chi connectivity index (χ3n) is 6.09. The van der Waals surface area contributed by atoms with Gasteiger partial charge in [0.15, 0.2) is 11.0 Å². The number of hydrogen-bond donors (Lipinski definition) is 3. The van der Waals surface area contributed by atoms with Crippen molar-refractivity contribution in [3.8, 4) is 0 Å². The highest BCUT2D eigenvalue weighted by molar-refractivity contribution is 6.32. The molecule has 2 amide bonds. The molecule has 1 fully saturated rings. The van der Waals surface area contributed by atoms with Crippen molar-refractivity contribution in [2.75, 3.05) is 18.4 Å².